The van der Waals surface area contributed by atoms with Gasteiger partial charge in [-0.15, -0.1) is 0 Å². The topological polar surface area (TPSA) is 96.5 Å². The van der Waals surface area contributed by atoms with Crippen LogP contribution in [-0.4, -0.2) is 39.0 Å². The number of amides is 1. The quantitative estimate of drug-likeness (QED) is 0.823. The lowest BCUT2D eigenvalue weighted by atomic mass is 10.0. The Bertz CT molecular complexity index is 486. The molecule has 1 rings (SSSR count). The Balaban J connectivity index is 3.11. The maximum atomic E-state index is 12.4. The maximum Gasteiger partial charge on any atom is 0.329 e. The van der Waals surface area contributed by atoms with Crippen molar-refractivity contribution in [2.75, 3.05) is 6.54 Å². The predicted molar refractivity (Wildman–Crippen MR) is 70.6 cm³/mol. The second-order valence-electron chi connectivity index (χ2n) is 4.65. The first-order chi connectivity index (χ1) is 8.84. The minimum atomic E-state index is -1.27. The number of aromatic nitrogens is 1. The van der Waals surface area contributed by atoms with E-state index in [1.165, 1.54) is 24.9 Å². The average molecular weight is 265 g/mol. The van der Waals surface area contributed by atoms with Crippen LogP contribution in [0.2, 0.25) is 0 Å². The molecule has 0 saturated heterocycles. The van der Waals surface area contributed by atoms with Crippen LogP contribution >= 0.6 is 0 Å². The van der Waals surface area contributed by atoms with Crippen LogP contribution in [0.4, 0.5) is 0 Å². The van der Waals surface area contributed by atoms with Gasteiger partial charge in [-0.2, -0.15) is 0 Å². The molecule has 0 unspecified atom stereocenters. The highest BCUT2D eigenvalue weighted by molar-refractivity contribution is 5.97. The average Bonchev–Trinajstić information content (AvgIpc) is 2.39. The van der Waals surface area contributed by atoms with Crippen LogP contribution < -0.4 is 5.73 Å². The van der Waals surface area contributed by atoms with Crippen molar-refractivity contribution < 1.29 is 14.7 Å². The molecule has 19 heavy (non-hydrogen) atoms. The lowest BCUT2D eigenvalue weighted by Crippen LogP contribution is -2.52. The van der Waals surface area contributed by atoms with Crippen LogP contribution in [0.15, 0.2) is 18.3 Å². The molecule has 0 aliphatic carbocycles. The molecule has 0 spiro atoms. The van der Waals surface area contributed by atoms with E-state index in [0.29, 0.717) is 17.8 Å². The molecule has 6 heteroatoms. The number of nitrogens with two attached hydrogens (primary N) is 1. The lowest BCUT2D eigenvalue weighted by molar-refractivity contribution is -0.147. The van der Waals surface area contributed by atoms with Crippen molar-refractivity contribution in [2.24, 2.45) is 5.73 Å². The monoisotopic (exact) mass is 265 g/mol. The summed E-state index contributed by atoms with van der Waals surface area (Å²) in [6.07, 6.45) is 1.50. The summed E-state index contributed by atoms with van der Waals surface area (Å²) in [6, 6.07) is 3.14. The van der Waals surface area contributed by atoms with Gasteiger partial charge in [0.05, 0.1) is 5.69 Å². The lowest BCUT2D eigenvalue weighted by Gasteiger charge is -2.34. The number of rotatable bonds is 5. The Labute approximate surface area is 112 Å². The minimum absolute atomic E-state index is 0.232. The van der Waals surface area contributed by atoms with Gasteiger partial charge < -0.3 is 15.7 Å². The highest BCUT2D eigenvalue weighted by Crippen LogP contribution is 2.18. The molecule has 0 radical (unpaired) electrons. The molecule has 0 bridgehead atoms. The first-order valence-electron chi connectivity index (χ1n) is 6.05. The summed E-state index contributed by atoms with van der Waals surface area (Å²) in [4.78, 5) is 29.0. The number of aliphatic carboxylic acids is 1. The molecule has 3 N–H and O–H groups in total. The van der Waals surface area contributed by atoms with Gasteiger partial charge >= 0.3 is 5.97 Å². The fraction of sp³-hybridized carbons (Fsp3) is 0.462. The van der Waals surface area contributed by atoms with Crippen molar-refractivity contribution in [3.63, 3.8) is 0 Å². The molecule has 1 heterocycles. The van der Waals surface area contributed by atoms with E-state index < -0.39 is 11.5 Å². The van der Waals surface area contributed by atoms with Gasteiger partial charge in [-0.1, -0.05) is 0 Å². The number of carbonyl (C=O) groups is 2. The summed E-state index contributed by atoms with van der Waals surface area (Å²) in [5.74, 6) is -1.39. The molecular weight excluding hydrogens is 246 g/mol. The standard InChI is InChI=1S/C13H19N3O3/c1-4-16(13(2,3)12(18)19)11(17)9-5-6-15-10(7-9)8-14/h5-7H,4,8,14H2,1-3H3,(H,18,19). The summed E-state index contributed by atoms with van der Waals surface area (Å²) in [5.41, 5.74) is 5.20. The van der Waals surface area contributed by atoms with Gasteiger partial charge in [0.1, 0.15) is 5.54 Å². The van der Waals surface area contributed by atoms with Gasteiger partial charge in [0.15, 0.2) is 0 Å². The molecule has 0 aliphatic heterocycles. The van der Waals surface area contributed by atoms with Crippen molar-refractivity contribution in [1.29, 1.82) is 0 Å². The highest BCUT2D eigenvalue weighted by Gasteiger charge is 2.37. The largest absolute Gasteiger partial charge is 0.480 e. The highest BCUT2D eigenvalue weighted by atomic mass is 16.4. The van der Waals surface area contributed by atoms with E-state index in [1.807, 2.05) is 0 Å². The van der Waals surface area contributed by atoms with Crippen LogP contribution in [0.1, 0.15) is 36.8 Å². The summed E-state index contributed by atoms with van der Waals surface area (Å²) >= 11 is 0. The first-order valence-corrected chi connectivity index (χ1v) is 6.05. The van der Waals surface area contributed by atoms with Crippen molar-refractivity contribution in [3.8, 4) is 0 Å². The Kier molecular flexibility index (Phi) is 4.61. The number of hydrogen-bond acceptors (Lipinski definition) is 4. The van der Waals surface area contributed by atoms with Crippen LogP contribution in [0.25, 0.3) is 0 Å². The molecule has 0 atom stereocenters. The van der Waals surface area contributed by atoms with Gasteiger partial charge in [-0.3, -0.25) is 9.78 Å². The molecule has 0 aliphatic rings. The van der Waals surface area contributed by atoms with Crippen molar-refractivity contribution >= 4 is 11.9 Å². The third-order valence-electron chi connectivity index (χ3n) is 3.03. The summed E-state index contributed by atoms with van der Waals surface area (Å²) in [5, 5.41) is 9.21. The molecule has 0 aromatic carbocycles. The fourth-order valence-corrected chi connectivity index (χ4v) is 1.79. The molecule has 104 valence electrons. The van der Waals surface area contributed by atoms with Gasteiger partial charge in [0.2, 0.25) is 0 Å². The summed E-state index contributed by atoms with van der Waals surface area (Å²) < 4.78 is 0. The second kappa shape index (κ2) is 5.79. The maximum absolute atomic E-state index is 12.4. The van der Waals surface area contributed by atoms with E-state index in [9.17, 15) is 14.7 Å². The number of nitrogens with zero attached hydrogens (tertiary/aromatic N) is 2. The van der Waals surface area contributed by atoms with Gasteiger partial charge in [0.25, 0.3) is 5.91 Å². The normalized spacial score (nSPS) is 11.2. The third kappa shape index (κ3) is 3.08. The molecule has 0 saturated carbocycles. The van der Waals surface area contributed by atoms with Crippen LogP contribution in [-0.2, 0) is 11.3 Å². The summed E-state index contributed by atoms with van der Waals surface area (Å²) in [7, 11) is 0. The van der Waals surface area contributed by atoms with Gasteiger partial charge in [-0.05, 0) is 32.9 Å². The van der Waals surface area contributed by atoms with Crippen molar-refractivity contribution in [2.45, 2.75) is 32.9 Å². The third-order valence-corrected chi connectivity index (χ3v) is 3.03. The second-order valence-corrected chi connectivity index (χ2v) is 4.65. The smallest absolute Gasteiger partial charge is 0.329 e. The van der Waals surface area contributed by atoms with Crippen molar-refractivity contribution in [3.05, 3.63) is 29.6 Å². The molecule has 1 amide bonds. The number of pyridine rings is 1. The van der Waals surface area contributed by atoms with E-state index in [0.717, 1.165) is 0 Å². The number of carboxylic acid groups (broad SMARTS) is 1. The van der Waals surface area contributed by atoms with E-state index in [2.05, 4.69) is 4.98 Å². The van der Waals surface area contributed by atoms with Gasteiger partial charge in [0, 0.05) is 24.8 Å². The Hall–Kier alpha value is -1.95. The SMILES string of the molecule is CCN(C(=O)c1ccnc(CN)c1)C(C)(C)C(=O)O. The van der Waals surface area contributed by atoms with Crippen molar-refractivity contribution in [1.82, 2.24) is 9.88 Å². The first kappa shape index (κ1) is 15.1. The summed E-state index contributed by atoms with van der Waals surface area (Å²) in [6.45, 7) is 5.28. The number of likely N-dealkylation sites (N-methyl/N-ethyl adjacent to an activating group) is 1. The minimum Gasteiger partial charge on any atom is -0.480 e. The Morgan fingerprint density at radius 2 is 2.11 bits per heavy atom. The molecule has 0 fully saturated rings. The predicted octanol–water partition coefficient (Wildman–Crippen LogP) is 0.866. The molecular formula is C13H19N3O3. The molecule has 6 nitrogen and oxygen atoms in total. The van der Waals surface area contributed by atoms with E-state index >= 15 is 0 Å². The Morgan fingerprint density at radius 3 is 2.58 bits per heavy atom. The number of carbonyl (C=O) groups excluding carboxylic acids is 1. The zero-order valence-corrected chi connectivity index (χ0v) is 11.4. The van der Waals surface area contributed by atoms with Crippen LogP contribution in [0.5, 0.6) is 0 Å². The molecule has 1 aromatic rings. The number of carboxylic acids is 1. The van der Waals surface area contributed by atoms with E-state index in [4.69, 9.17) is 5.73 Å². The molecule has 1 aromatic heterocycles. The fourth-order valence-electron chi connectivity index (χ4n) is 1.79. The van der Waals surface area contributed by atoms with E-state index in [1.54, 1.807) is 19.1 Å². The zero-order valence-electron chi connectivity index (χ0n) is 11.4. The number of hydrogen-bond donors (Lipinski definition) is 2. The van der Waals surface area contributed by atoms with Crippen LogP contribution in [0.3, 0.4) is 0 Å². The van der Waals surface area contributed by atoms with Gasteiger partial charge in [-0.25, -0.2) is 4.79 Å². The van der Waals surface area contributed by atoms with E-state index in [-0.39, 0.29) is 12.5 Å². The Morgan fingerprint density at radius 1 is 1.47 bits per heavy atom. The zero-order chi connectivity index (χ0) is 14.6. The van der Waals surface area contributed by atoms with Crippen LogP contribution in [0, 0.1) is 0 Å².